The molecule has 4 rings (SSSR count). The van der Waals surface area contributed by atoms with Crippen LogP contribution in [0.25, 0.3) is 0 Å². The molecule has 1 saturated carbocycles. The minimum atomic E-state index is -0.00248. The Hall–Kier alpha value is -0.340. The quantitative estimate of drug-likeness (QED) is 0.537. The number of fused-ring (bicyclic) bond motifs is 2. The summed E-state index contributed by atoms with van der Waals surface area (Å²) in [5.41, 5.74) is 0.427. The molecule has 4 aliphatic rings. The van der Waals surface area contributed by atoms with Crippen LogP contribution in [-0.4, -0.2) is 24.4 Å². The predicted octanol–water partition coefficient (Wildman–Crippen LogP) is 4.05. The van der Waals surface area contributed by atoms with Crippen LogP contribution >= 0.6 is 0 Å². The van der Waals surface area contributed by atoms with E-state index in [1.165, 1.54) is 6.42 Å². The third-order valence-corrected chi connectivity index (χ3v) is 8.51. The standard InChI is InChI=1S/C19H30O2/c1-7-18-13(4)11(2)8-9-15(18)21-16-12(3)14(5)17(18,6)19(16)10-20-19/h8-9,11-16H,7,10H2,1-6H3/t11?,12?,13?,14-,15?,16?,17-,18?,19+/m1/s1. The zero-order chi connectivity index (χ0) is 15.2. The second kappa shape index (κ2) is 3.94. The van der Waals surface area contributed by atoms with Crippen LogP contribution in [0.1, 0.15) is 48.0 Å². The SMILES string of the molecule is CCC12C(C=CC(C)C1C)OC1C(C)[C@@H](C)[C@@]2(C)[C@]12CO2. The molecule has 9 atom stereocenters. The fourth-order valence-corrected chi connectivity index (χ4v) is 6.81. The molecular weight excluding hydrogens is 260 g/mol. The molecule has 2 heterocycles. The van der Waals surface area contributed by atoms with Crippen molar-refractivity contribution >= 4 is 0 Å². The van der Waals surface area contributed by atoms with Crippen molar-refractivity contribution in [1.82, 2.24) is 0 Å². The zero-order valence-corrected chi connectivity index (χ0v) is 14.3. The molecule has 2 aliphatic carbocycles. The van der Waals surface area contributed by atoms with Gasteiger partial charge in [-0.05, 0) is 30.1 Å². The van der Waals surface area contributed by atoms with E-state index in [9.17, 15) is 0 Å². The van der Waals surface area contributed by atoms with Crippen LogP contribution in [0.2, 0.25) is 0 Å². The normalized spacial score (nSPS) is 64.7. The van der Waals surface area contributed by atoms with Crippen LogP contribution < -0.4 is 0 Å². The third kappa shape index (κ3) is 1.23. The lowest BCUT2D eigenvalue weighted by molar-refractivity contribution is -0.229. The van der Waals surface area contributed by atoms with Gasteiger partial charge in [-0.25, -0.2) is 0 Å². The smallest absolute Gasteiger partial charge is 0.124 e. The van der Waals surface area contributed by atoms with E-state index in [1.807, 2.05) is 0 Å². The maximum atomic E-state index is 6.71. The highest BCUT2D eigenvalue weighted by molar-refractivity contribution is 5.32. The lowest BCUT2D eigenvalue weighted by Gasteiger charge is -2.62. The molecule has 0 aromatic rings. The van der Waals surface area contributed by atoms with Gasteiger partial charge in [0.05, 0.1) is 18.8 Å². The molecule has 0 radical (unpaired) electrons. The van der Waals surface area contributed by atoms with Crippen LogP contribution in [0.15, 0.2) is 12.2 Å². The molecule has 2 bridgehead atoms. The summed E-state index contributed by atoms with van der Waals surface area (Å²) < 4.78 is 12.9. The largest absolute Gasteiger partial charge is 0.367 e. The van der Waals surface area contributed by atoms with Crippen molar-refractivity contribution in [2.24, 2.45) is 34.5 Å². The van der Waals surface area contributed by atoms with Gasteiger partial charge in [0.15, 0.2) is 0 Å². The molecule has 0 amide bonds. The highest BCUT2D eigenvalue weighted by Crippen LogP contribution is 2.76. The maximum Gasteiger partial charge on any atom is 0.124 e. The van der Waals surface area contributed by atoms with E-state index in [1.54, 1.807) is 0 Å². The Morgan fingerprint density at radius 2 is 1.76 bits per heavy atom. The molecule has 1 spiro atoms. The maximum absolute atomic E-state index is 6.71. The number of hydrogen-bond donors (Lipinski definition) is 0. The van der Waals surface area contributed by atoms with Gasteiger partial charge in [-0.1, -0.05) is 53.7 Å². The van der Waals surface area contributed by atoms with Crippen molar-refractivity contribution in [1.29, 1.82) is 0 Å². The minimum Gasteiger partial charge on any atom is -0.367 e. The molecule has 2 heteroatoms. The average molecular weight is 290 g/mol. The lowest BCUT2D eigenvalue weighted by Crippen LogP contribution is -2.66. The predicted molar refractivity (Wildman–Crippen MR) is 84.0 cm³/mol. The van der Waals surface area contributed by atoms with E-state index < -0.39 is 0 Å². The average Bonchev–Trinajstić information content (AvgIpc) is 3.25. The zero-order valence-electron chi connectivity index (χ0n) is 14.3. The molecule has 118 valence electrons. The van der Waals surface area contributed by atoms with Crippen molar-refractivity contribution in [3.05, 3.63) is 12.2 Å². The first-order chi connectivity index (χ1) is 9.86. The summed E-state index contributed by atoms with van der Waals surface area (Å²) in [7, 11) is 0. The molecule has 6 unspecified atom stereocenters. The van der Waals surface area contributed by atoms with E-state index in [2.05, 4.69) is 53.7 Å². The van der Waals surface area contributed by atoms with E-state index in [0.29, 0.717) is 23.7 Å². The van der Waals surface area contributed by atoms with Gasteiger partial charge >= 0.3 is 0 Å². The van der Waals surface area contributed by atoms with Gasteiger partial charge in [-0.15, -0.1) is 0 Å². The van der Waals surface area contributed by atoms with Crippen LogP contribution in [0.5, 0.6) is 0 Å². The minimum absolute atomic E-state index is 0.00248. The highest BCUT2D eigenvalue weighted by atomic mass is 16.6. The Kier molecular flexibility index (Phi) is 2.68. The van der Waals surface area contributed by atoms with Crippen molar-refractivity contribution in [2.75, 3.05) is 6.61 Å². The monoisotopic (exact) mass is 290 g/mol. The van der Waals surface area contributed by atoms with Crippen molar-refractivity contribution in [2.45, 2.75) is 65.8 Å². The molecule has 0 aromatic carbocycles. The molecule has 21 heavy (non-hydrogen) atoms. The fraction of sp³-hybridized carbons (Fsp3) is 0.895. The van der Waals surface area contributed by atoms with E-state index in [-0.39, 0.29) is 28.6 Å². The van der Waals surface area contributed by atoms with Crippen molar-refractivity contribution in [3.63, 3.8) is 0 Å². The van der Waals surface area contributed by atoms with Crippen LogP contribution in [0.3, 0.4) is 0 Å². The van der Waals surface area contributed by atoms with E-state index >= 15 is 0 Å². The molecule has 2 nitrogen and oxygen atoms in total. The molecular formula is C19H30O2. The summed E-state index contributed by atoms with van der Waals surface area (Å²) in [4.78, 5) is 0. The Bertz CT molecular complexity index is 494. The van der Waals surface area contributed by atoms with Crippen LogP contribution in [0.4, 0.5) is 0 Å². The topological polar surface area (TPSA) is 21.8 Å². The molecule has 0 N–H and O–H groups in total. The number of ether oxygens (including phenoxy) is 2. The summed E-state index contributed by atoms with van der Waals surface area (Å²) in [6.07, 6.45) is 6.49. The first-order valence-electron chi connectivity index (χ1n) is 8.84. The molecule has 2 saturated heterocycles. The Morgan fingerprint density at radius 3 is 2.33 bits per heavy atom. The van der Waals surface area contributed by atoms with Crippen LogP contribution in [-0.2, 0) is 9.47 Å². The number of allylic oxidation sites excluding steroid dienone is 1. The van der Waals surface area contributed by atoms with Crippen molar-refractivity contribution < 1.29 is 9.47 Å². The first-order valence-corrected chi connectivity index (χ1v) is 8.84. The number of rotatable bonds is 1. The van der Waals surface area contributed by atoms with Gasteiger partial charge in [-0.3, -0.25) is 0 Å². The van der Waals surface area contributed by atoms with Gasteiger partial charge in [0.2, 0.25) is 0 Å². The second-order valence-corrected chi connectivity index (χ2v) is 8.43. The van der Waals surface area contributed by atoms with Gasteiger partial charge < -0.3 is 9.47 Å². The molecule has 0 aromatic heterocycles. The highest BCUT2D eigenvalue weighted by Gasteiger charge is 2.82. The number of hydrogen-bond acceptors (Lipinski definition) is 2. The van der Waals surface area contributed by atoms with Gasteiger partial charge in [0.1, 0.15) is 5.60 Å². The molecule has 2 aliphatic heterocycles. The molecule has 3 fully saturated rings. The van der Waals surface area contributed by atoms with Gasteiger partial charge in [-0.2, -0.15) is 0 Å². The van der Waals surface area contributed by atoms with E-state index in [4.69, 9.17) is 9.47 Å². The summed E-state index contributed by atoms with van der Waals surface area (Å²) >= 11 is 0. The summed E-state index contributed by atoms with van der Waals surface area (Å²) in [5, 5.41) is 0. The second-order valence-electron chi connectivity index (χ2n) is 8.43. The summed E-state index contributed by atoms with van der Waals surface area (Å²) in [5.74, 6) is 2.49. The Labute approximate surface area is 129 Å². The Morgan fingerprint density at radius 1 is 1.10 bits per heavy atom. The first kappa shape index (κ1) is 14.3. The lowest BCUT2D eigenvalue weighted by atomic mass is 9.44. The van der Waals surface area contributed by atoms with Crippen molar-refractivity contribution in [3.8, 4) is 0 Å². The van der Waals surface area contributed by atoms with E-state index in [0.717, 1.165) is 6.61 Å². The summed E-state index contributed by atoms with van der Waals surface area (Å²) in [6.45, 7) is 15.5. The van der Waals surface area contributed by atoms with Gasteiger partial charge in [0.25, 0.3) is 0 Å². The third-order valence-electron chi connectivity index (χ3n) is 8.51. The fourth-order valence-electron chi connectivity index (χ4n) is 6.81. The van der Waals surface area contributed by atoms with Gasteiger partial charge in [0, 0.05) is 10.8 Å². The number of epoxide rings is 1. The summed E-state index contributed by atoms with van der Waals surface area (Å²) in [6, 6.07) is 0. The Balaban J connectivity index is 1.96. The van der Waals surface area contributed by atoms with Crippen LogP contribution in [0, 0.1) is 34.5 Å².